The summed E-state index contributed by atoms with van der Waals surface area (Å²) in [5.74, 6) is -0.0161. The third-order valence-corrected chi connectivity index (χ3v) is 6.55. The molecule has 2 heterocycles. The van der Waals surface area contributed by atoms with Crippen LogP contribution in [0.2, 0.25) is 0 Å². The molecule has 0 aliphatic carbocycles. The van der Waals surface area contributed by atoms with E-state index in [0.29, 0.717) is 31.8 Å². The number of sulfonamides is 1. The van der Waals surface area contributed by atoms with Gasteiger partial charge in [0.25, 0.3) is 5.91 Å². The number of aryl methyl sites for hydroxylation is 1. The van der Waals surface area contributed by atoms with Crippen molar-refractivity contribution in [3.05, 3.63) is 42.5 Å². The lowest BCUT2D eigenvalue weighted by Crippen LogP contribution is -2.29. The van der Waals surface area contributed by atoms with Crippen LogP contribution in [0.1, 0.15) is 36.5 Å². The number of nitrogens with zero attached hydrogens (tertiary/aromatic N) is 3. The number of hydrogen-bond acceptors (Lipinski definition) is 5. The fourth-order valence-corrected chi connectivity index (χ4v) is 4.85. The van der Waals surface area contributed by atoms with E-state index in [4.69, 9.17) is 4.74 Å². The van der Waals surface area contributed by atoms with Gasteiger partial charge in [-0.25, -0.2) is 13.4 Å². The molecule has 0 spiro atoms. The predicted octanol–water partition coefficient (Wildman–Crippen LogP) is 1.89. The molecule has 1 saturated heterocycles. The van der Waals surface area contributed by atoms with Gasteiger partial charge in [-0.05, 0) is 44.4 Å². The molecule has 2 aromatic rings. The van der Waals surface area contributed by atoms with Gasteiger partial charge < -0.3 is 14.6 Å². The SMILES string of the molecule is CCOc1ccc(C(=O)NCCCn2ccnc2)cc1S(=O)(=O)N1CCCC1. The minimum atomic E-state index is -3.68. The van der Waals surface area contributed by atoms with Crippen molar-refractivity contribution >= 4 is 15.9 Å². The highest BCUT2D eigenvalue weighted by Gasteiger charge is 2.30. The summed E-state index contributed by atoms with van der Waals surface area (Å²) in [4.78, 5) is 16.5. The first-order valence-electron chi connectivity index (χ1n) is 9.53. The number of rotatable bonds is 9. The van der Waals surface area contributed by atoms with Crippen LogP contribution in [0.15, 0.2) is 41.8 Å². The first-order chi connectivity index (χ1) is 13.5. The Hall–Kier alpha value is -2.39. The molecule has 0 unspecified atom stereocenters. The molecule has 28 heavy (non-hydrogen) atoms. The monoisotopic (exact) mass is 406 g/mol. The summed E-state index contributed by atoms with van der Waals surface area (Å²) in [7, 11) is -3.68. The molecule has 1 fully saturated rings. The first kappa shape index (κ1) is 20.3. The molecule has 9 heteroatoms. The molecule has 0 atom stereocenters. The van der Waals surface area contributed by atoms with E-state index in [1.807, 2.05) is 10.8 Å². The molecule has 1 aromatic heterocycles. The van der Waals surface area contributed by atoms with Crippen LogP contribution >= 0.6 is 0 Å². The van der Waals surface area contributed by atoms with E-state index in [1.165, 1.54) is 10.4 Å². The number of imidazole rings is 1. The number of aromatic nitrogens is 2. The summed E-state index contributed by atoms with van der Waals surface area (Å²) in [5, 5.41) is 2.84. The number of carbonyl (C=O) groups is 1. The number of ether oxygens (including phenoxy) is 1. The molecule has 152 valence electrons. The number of nitrogens with one attached hydrogen (secondary N) is 1. The largest absolute Gasteiger partial charge is 0.492 e. The normalized spacial score (nSPS) is 14.9. The standard InChI is InChI=1S/C19H26N4O4S/c1-2-27-17-7-6-16(14-18(17)28(25,26)23-11-3-4-12-23)19(24)21-8-5-10-22-13-9-20-15-22/h6-7,9,13-15H,2-5,8,10-12H2,1H3,(H,21,24). The fourth-order valence-electron chi connectivity index (χ4n) is 3.18. The highest BCUT2D eigenvalue weighted by molar-refractivity contribution is 7.89. The molecular weight excluding hydrogens is 380 g/mol. The van der Waals surface area contributed by atoms with E-state index in [1.54, 1.807) is 31.6 Å². The highest BCUT2D eigenvalue weighted by atomic mass is 32.2. The zero-order valence-electron chi connectivity index (χ0n) is 16.0. The van der Waals surface area contributed by atoms with Crippen LogP contribution in [0.5, 0.6) is 5.75 Å². The number of carbonyl (C=O) groups excluding carboxylic acids is 1. The Morgan fingerprint density at radius 3 is 2.75 bits per heavy atom. The van der Waals surface area contributed by atoms with Gasteiger partial charge in [-0.1, -0.05) is 0 Å². The number of amides is 1. The molecule has 1 amide bonds. The first-order valence-corrected chi connectivity index (χ1v) is 11.0. The summed E-state index contributed by atoms with van der Waals surface area (Å²) >= 11 is 0. The van der Waals surface area contributed by atoms with Crippen molar-refractivity contribution in [1.29, 1.82) is 0 Å². The lowest BCUT2D eigenvalue weighted by molar-refractivity contribution is 0.0952. The summed E-state index contributed by atoms with van der Waals surface area (Å²) < 4.78 is 34.9. The van der Waals surface area contributed by atoms with Gasteiger partial charge in [0.15, 0.2) is 0 Å². The van der Waals surface area contributed by atoms with Crippen LogP contribution in [0.25, 0.3) is 0 Å². The van der Waals surface area contributed by atoms with Crippen LogP contribution in [-0.2, 0) is 16.6 Å². The van der Waals surface area contributed by atoms with Crippen LogP contribution in [0.3, 0.4) is 0 Å². The van der Waals surface area contributed by atoms with Gasteiger partial charge in [0.1, 0.15) is 10.6 Å². The zero-order chi connectivity index (χ0) is 20.0. The van der Waals surface area contributed by atoms with Gasteiger partial charge in [0, 0.05) is 44.1 Å². The second-order valence-electron chi connectivity index (χ2n) is 6.62. The minimum Gasteiger partial charge on any atom is -0.492 e. The molecule has 1 aliphatic heterocycles. The summed E-state index contributed by atoms with van der Waals surface area (Å²) in [6, 6.07) is 4.58. The zero-order valence-corrected chi connectivity index (χ0v) is 16.8. The van der Waals surface area contributed by atoms with E-state index >= 15 is 0 Å². The summed E-state index contributed by atoms with van der Waals surface area (Å²) in [5.41, 5.74) is 0.309. The Bertz CT molecular complexity index is 891. The smallest absolute Gasteiger partial charge is 0.251 e. The lowest BCUT2D eigenvalue weighted by atomic mass is 10.2. The van der Waals surface area contributed by atoms with Crippen LogP contribution in [-0.4, -0.2) is 54.4 Å². The molecule has 0 saturated carbocycles. The highest BCUT2D eigenvalue weighted by Crippen LogP contribution is 2.30. The Kier molecular flexibility index (Phi) is 6.69. The van der Waals surface area contributed by atoms with Gasteiger partial charge in [0.2, 0.25) is 10.0 Å². The van der Waals surface area contributed by atoms with E-state index in [-0.39, 0.29) is 16.6 Å². The molecule has 3 rings (SSSR count). The van der Waals surface area contributed by atoms with E-state index in [2.05, 4.69) is 10.3 Å². The Morgan fingerprint density at radius 2 is 2.07 bits per heavy atom. The van der Waals surface area contributed by atoms with Crippen LogP contribution in [0, 0.1) is 0 Å². The molecule has 1 aromatic carbocycles. The lowest BCUT2D eigenvalue weighted by Gasteiger charge is -2.19. The topological polar surface area (TPSA) is 93.5 Å². The van der Waals surface area contributed by atoms with Crippen molar-refractivity contribution in [2.45, 2.75) is 37.6 Å². The summed E-state index contributed by atoms with van der Waals surface area (Å²) in [6.07, 6.45) is 7.74. The predicted molar refractivity (Wildman–Crippen MR) is 105 cm³/mol. The summed E-state index contributed by atoms with van der Waals surface area (Å²) in [6.45, 7) is 4.38. The average molecular weight is 407 g/mol. The van der Waals surface area contributed by atoms with E-state index in [9.17, 15) is 13.2 Å². The average Bonchev–Trinajstić information content (AvgIpc) is 3.39. The molecular formula is C19H26N4O4S. The van der Waals surface area contributed by atoms with Crippen molar-refractivity contribution in [2.75, 3.05) is 26.2 Å². The van der Waals surface area contributed by atoms with Gasteiger partial charge >= 0.3 is 0 Å². The van der Waals surface area contributed by atoms with Crippen molar-refractivity contribution in [2.24, 2.45) is 0 Å². The maximum absolute atomic E-state index is 13.0. The molecule has 1 aliphatic rings. The van der Waals surface area contributed by atoms with Crippen molar-refractivity contribution in [3.8, 4) is 5.75 Å². The van der Waals surface area contributed by atoms with Gasteiger partial charge in [0.05, 0.1) is 12.9 Å². The second kappa shape index (κ2) is 9.20. The van der Waals surface area contributed by atoms with E-state index < -0.39 is 10.0 Å². The Balaban J connectivity index is 1.71. The Labute approximate surface area is 165 Å². The maximum atomic E-state index is 13.0. The second-order valence-corrected chi connectivity index (χ2v) is 8.52. The third-order valence-electron chi connectivity index (χ3n) is 4.63. The van der Waals surface area contributed by atoms with Gasteiger partial charge in [-0.15, -0.1) is 0 Å². The minimum absolute atomic E-state index is 0.0577. The fraction of sp³-hybridized carbons (Fsp3) is 0.474. The molecule has 0 bridgehead atoms. The van der Waals surface area contributed by atoms with E-state index in [0.717, 1.165) is 25.8 Å². The number of benzene rings is 1. The van der Waals surface area contributed by atoms with Crippen molar-refractivity contribution in [3.63, 3.8) is 0 Å². The molecule has 8 nitrogen and oxygen atoms in total. The quantitative estimate of drug-likeness (QED) is 0.642. The van der Waals surface area contributed by atoms with Crippen LogP contribution in [0.4, 0.5) is 0 Å². The maximum Gasteiger partial charge on any atom is 0.251 e. The van der Waals surface area contributed by atoms with Crippen molar-refractivity contribution < 1.29 is 17.9 Å². The van der Waals surface area contributed by atoms with Crippen LogP contribution < -0.4 is 10.1 Å². The van der Waals surface area contributed by atoms with Gasteiger partial charge in [-0.2, -0.15) is 4.31 Å². The molecule has 0 radical (unpaired) electrons. The molecule has 1 N–H and O–H groups in total. The Morgan fingerprint density at radius 1 is 1.29 bits per heavy atom. The number of hydrogen-bond donors (Lipinski definition) is 1. The van der Waals surface area contributed by atoms with Crippen molar-refractivity contribution in [1.82, 2.24) is 19.2 Å². The van der Waals surface area contributed by atoms with Gasteiger partial charge in [-0.3, -0.25) is 4.79 Å². The third kappa shape index (κ3) is 4.71.